The number of carbonyl (C=O) groups excluding carboxylic acids is 1. The van der Waals surface area contributed by atoms with Gasteiger partial charge in [0, 0.05) is 44.7 Å². The number of aromatic hydroxyl groups is 1. The molecule has 0 spiro atoms. The number of Topliss-reactive ketones (excluding diaryl/α,β-unsaturated/α-hetero) is 1. The number of rotatable bonds is 5. The average Bonchev–Trinajstić information content (AvgIpc) is 2.46. The van der Waals surface area contributed by atoms with Crippen molar-refractivity contribution in [3.63, 3.8) is 0 Å². The first kappa shape index (κ1) is 15.0. The molecule has 0 atom stereocenters. The van der Waals surface area contributed by atoms with E-state index in [1.54, 1.807) is 12.1 Å². The molecule has 0 bridgehead atoms. The van der Waals surface area contributed by atoms with Gasteiger partial charge in [-0.3, -0.25) is 4.79 Å². The maximum absolute atomic E-state index is 12.2. The molecule has 1 heterocycles. The van der Waals surface area contributed by atoms with Gasteiger partial charge >= 0.3 is 0 Å². The minimum atomic E-state index is 0.158. The van der Waals surface area contributed by atoms with Gasteiger partial charge in [0.15, 0.2) is 5.78 Å². The third kappa shape index (κ3) is 3.81. The number of phenols is 1. The van der Waals surface area contributed by atoms with Gasteiger partial charge in [0.25, 0.3) is 0 Å². The first-order valence-corrected chi connectivity index (χ1v) is 7.37. The number of nitrogens with zero attached hydrogens (tertiary/aromatic N) is 1. The Kier molecular flexibility index (Phi) is 5.15. The number of benzene rings is 1. The van der Waals surface area contributed by atoms with Crippen molar-refractivity contribution in [1.29, 1.82) is 0 Å². The summed E-state index contributed by atoms with van der Waals surface area (Å²) in [5.41, 5.74) is 1.56. The van der Waals surface area contributed by atoms with E-state index in [0.29, 0.717) is 12.0 Å². The molecule has 2 rings (SSSR count). The highest BCUT2D eigenvalue weighted by atomic mass is 16.3. The Balaban J connectivity index is 1.96. The van der Waals surface area contributed by atoms with Crippen LogP contribution in [0.15, 0.2) is 18.2 Å². The van der Waals surface area contributed by atoms with Gasteiger partial charge in [-0.05, 0) is 29.7 Å². The van der Waals surface area contributed by atoms with Gasteiger partial charge in [0.05, 0.1) is 0 Å². The largest absolute Gasteiger partial charge is 0.508 e. The Labute approximate surface area is 120 Å². The number of hydrogen-bond acceptors (Lipinski definition) is 4. The second kappa shape index (κ2) is 6.86. The van der Waals surface area contributed by atoms with Crippen molar-refractivity contribution in [2.45, 2.75) is 26.2 Å². The predicted molar refractivity (Wildman–Crippen MR) is 80.5 cm³/mol. The van der Waals surface area contributed by atoms with Crippen LogP contribution in [0, 0.1) is 0 Å². The highest BCUT2D eigenvalue weighted by molar-refractivity contribution is 5.96. The summed E-state index contributed by atoms with van der Waals surface area (Å²) in [7, 11) is 0. The second-order valence-electron chi connectivity index (χ2n) is 5.69. The molecule has 1 aliphatic heterocycles. The number of carbonyl (C=O) groups is 1. The lowest BCUT2D eigenvalue weighted by Crippen LogP contribution is -2.44. The van der Waals surface area contributed by atoms with Crippen LogP contribution in [0.1, 0.15) is 42.1 Å². The van der Waals surface area contributed by atoms with Crippen LogP contribution in [0.4, 0.5) is 0 Å². The fourth-order valence-electron chi connectivity index (χ4n) is 2.53. The average molecular weight is 276 g/mol. The molecule has 0 unspecified atom stereocenters. The Morgan fingerprint density at radius 2 is 2.05 bits per heavy atom. The van der Waals surface area contributed by atoms with Crippen molar-refractivity contribution >= 4 is 5.78 Å². The second-order valence-corrected chi connectivity index (χ2v) is 5.69. The van der Waals surface area contributed by atoms with Crippen LogP contribution in [0.5, 0.6) is 5.75 Å². The summed E-state index contributed by atoms with van der Waals surface area (Å²) in [6.45, 7) is 8.89. The number of ketones is 1. The van der Waals surface area contributed by atoms with Gasteiger partial charge in [-0.15, -0.1) is 0 Å². The number of piperazine rings is 1. The van der Waals surface area contributed by atoms with E-state index in [1.165, 1.54) is 0 Å². The van der Waals surface area contributed by atoms with Crippen LogP contribution in [-0.4, -0.2) is 48.5 Å². The lowest BCUT2D eigenvalue weighted by Gasteiger charge is -2.26. The lowest BCUT2D eigenvalue weighted by molar-refractivity contribution is 0.0960. The molecule has 1 aliphatic rings. The molecule has 20 heavy (non-hydrogen) atoms. The molecular formula is C16H24N2O2. The number of nitrogens with one attached hydrogen (secondary N) is 1. The predicted octanol–water partition coefficient (Wildman–Crippen LogP) is 1.99. The molecule has 4 nitrogen and oxygen atoms in total. The molecule has 0 radical (unpaired) electrons. The van der Waals surface area contributed by atoms with Gasteiger partial charge < -0.3 is 15.3 Å². The molecule has 1 aromatic rings. The standard InChI is InChI=1S/C16H24N2O2/c1-12(2)14-11-13(3-4-16(14)20)15(19)5-8-18-9-6-17-7-10-18/h3-4,11-12,17,20H,5-10H2,1-2H3. The van der Waals surface area contributed by atoms with Crippen molar-refractivity contribution in [3.05, 3.63) is 29.3 Å². The van der Waals surface area contributed by atoms with Crippen LogP contribution in [0.2, 0.25) is 0 Å². The van der Waals surface area contributed by atoms with Gasteiger partial charge in [-0.1, -0.05) is 13.8 Å². The number of hydrogen-bond donors (Lipinski definition) is 2. The molecule has 0 saturated carbocycles. The smallest absolute Gasteiger partial charge is 0.164 e. The first-order chi connectivity index (χ1) is 9.58. The highest BCUT2D eigenvalue weighted by Crippen LogP contribution is 2.26. The highest BCUT2D eigenvalue weighted by Gasteiger charge is 2.14. The van der Waals surface area contributed by atoms with Crippen LogP contribution in [-0.2, 0) is 0 Å². The topological polar surface area (TPSA) is 52.6 Å². The monoisotopic (exact) mass is 276 g/mol. The van der Waals surface area contributed by atoms with Crippen LogP contribution in [0.3, 0.4) is 0 Å². The van der Waals surface area contributed by atoms with Crippen molar-refractivity contribution in [3.8, 4) is 5.75 Å². The molecule has 1 saturated heterocycles. The zero-order valence-electron chi connectivity index (χ0n) is 12.4. The summed E-state index contributed by atoms with van der Waals surface area (Å²) in [6, 6.07) is 5.19. The molecule has 4 heteroatoms. The van der Waals surface area contributed by atoms with E-state index in [-0.39, 0.29) is 17.5 Å². The van der Waals surface area contributed by atoms with E-state index >= 15 is 0 Å². The quantitative estimate of drug-likeness (QED) is 0.808. The summed E-state index contributed by atoms with van der Waals surface area (Å²) >= 11 is 0. The molecule has 110 valence electrons. The third-order valence-electron chi connectivity index (χ3n) is 3.84. The van der Waals surface area contributed by atoms with Gasteiger partial charge in [-0.25, -0.2) is 0 Å². The van der Waals surface area contributed by atoms with E-state index in [9.17, 15) is 9.90 Å². The van der Waals surface area contributed by atoms with E-state index in [0.717, 1.165) is 38.3 Å². The SMILES string of the molecule is CC(C)c1cc(C(=O)CCN2CCNCC2)ccc1O. The van der Waals surface area contributed by atoms with Gasteiger partial charge in [-0.2, -0.15) is 0 Å². The van der Waals surface area contributed by atoms with Crippen molar-refractivity contribution < 1.29 is 9.90 Å². The summed E-state index contributed by atoms with van der Waals surface area (Å²) < 4.78 is 0. The van der Waals surface area contributed by atoms with Crippen LogP contribution in [0.25, 0.3) is 0 Å². The van der Waals surface area contributed by atoms with Gasteiger partial charge in [0.2, 0.25) is 0 Å². The molecule has 1 aromatic carbocycles. The van der Waals surface area contributed by atoms with E-state index in [2.05, 4.69) is 10.2 Å². The molecule has 2 N–H and O–H groups in total. The molecule has 0 aliphatic carbocycles. The van der Waals surface area contributed by atoms with Crippen LogP contribution >= 0.6 is 0 Å². The fourth-order valence-corrected chi connectivity index (χ4v) is 2.53. The van der Waals surface area contributed by atoms with Gasteiger partial charge in [0.1, 0.15) is 5.75 Å². The summed E-state index contributed by atoms with van der Waals surface area (Å²) in [4.78, 5) is 14.6. The van der Waals surface area contributed by atoms with Crippen molar-refractivity contribution in [1.82, 2.24) is 10.2 Å². The normalized spacial score (nSPS) is 16.6. The fraction of sp³-hybridized carbons (Fsp3) is 0.562. The van der Waals surface area contributed by atoms with Crippen LogP contribution < -0.4 is 5.32 Å². The zero-order chi connectivity index (χ0) is 14.5. The van der Waals surface area contributed by atoms with Crippen molar-refractivity contribution in [2.24, 2.45) is 0 Å². The number of phenolic OH excluding ortho intramolecular Hbond substituents is 1. The minimum absolute atomic E-state index is 0.158. The zero-order valence-corrected chi connectivity index (χ0v) is 12.4. The minimum Gasteiger partial charge on any atom is -0.508 e. The van der Waals surface area contributed by atoms with E-state index in [1.807, 2.05) is 19.9 Å². The van der Waals surface area contributed by atoms with Crippen molar-refractivity contribution in [2.75, 3.05) is 32.7 Å². The maximum Gasteiger partial charge on any atom is 0.164 e. The molecular weight excluding hydrogens is 252 g/mol. The first-order valence-electron chi connectivity index (χ1n) is 7.37. The molecule has 0 amide bonds. The molecule has 0 aromatic heterocycles. The van der Waals surface area contributed by atoms with E-state index < -0.39 is 0 Å². The lowest BCUT2D eigenvalue weighted by atomic mass is 9.97. The Morgan fingerprint density at radius 1 is 1.35 bits per heavy atom. The third-order valence-corrected chi connectivity index (χ3v) is 3.84. The summed E-state index contributed by atoms with van der Waals surface area (Å²) in [5, 5.41) is 13.1. The van der Waals surface area contributed by atoms with E-state index in [4.69, 9.17) is 0 Å². The Morgan fingerprint density at radius 3 is 2.70 bits per heavy atom. The summed E-state index contributed by atoms with van der Waals surface area (Å²) in [5.74, 6) is 0.653. The maximum atomic E-state index is 12.2. The Hall–Kier alpha value is -1.39. The molecule has 1 fully saturated rings. The summed E-state index contributed by atoms with van der Waals surface area (Å²) in [6.07, 6.45) is 0.544. The Bertz CT molecular complexity index is 466.